The standard InChI is InChI=1S/C33H44F3N5O9S.C8H4F3NO/c1-8-18-16-32(18,27(44)40-51(47,48)22-12-13-22)39-25(42)23-15-21(49-28(45)37-20-11-9-10-19(14-20)33(34,35)36)17-41(23)26(43)24(30(2,3)4)38-29(46)50-31(5,6)7;9-8(10,11)6-2-1-3-7(4-6)12-5-13/h8-11,14,18,21-24H,1,12-13,15-17H2,2-7H3,(H,37,45)(H,38,46)(H,39,42)(H,40,44);1-4H/t18?,21-,23+,24-,32-;/m1./s1. The van der Waals surface area contributed by atoms with Crippen LogP contribution in [0.5, 0.6) is 0 Å². The third kappa shape index (κ3) is 13.5. The molecule has 2 aromatic rings. The zero-order valence-electron chi connectivity index (χ0n) is 35.5. The first kappa shape index (κ1) is 50.7. The molecule has 2 saturated carbocycles. The minimum atomic E-state index is -4.67. The number of carbonyl (C=O) groups excluding carboxylic acids is 6. The highest BCUT2D eigenvalue weighted by atomic mass is 32.2. The van der Waals surface area contributed by atoms with Crippen LogP contribution in [0.3, 0.4) is 0 Å². The van der Waals surface area contributed by atoms with Gasteiger partial charge in [0.15, 0.2) is 0 Å². The van der Waals surface area contributed by atoms with Crippen LogP contribution in [0.25, 0.3) is 0 Å². The molecule has 1 heterocycles. The monoisotopic (exact) mass is 930 g/mol. The van der Waals surface area contributed by atoms with E-state index in [0.717, 1.165) is 29.2 Å². The smallest absolute Gasteiger partial charge is 0.416 e. The Labute approximate surface area is 364 Å². The van der Waals surface area contributed by atoms with Gasteiger partial charge in [0.05, 0.1) is 28.6 Å². The number of isocyanates is 1. The highest BCUT2D eigenvalue weighted by Gasteiger charge is 2.62. The largest absolute Gasteiger partial charge is 0.444 e. The Kier molecular flexibility index (Phi) is 15.1. The Morgan fingerprint density at radius 2 is 1.52 bits per heavy atom. The van der Waals surface area contributed by atoms with Crippen molar-refractivity contribution in [2.75, 3.05) is 11.9 Å². The van der Waals surface area contributed by atoms with Crippen LogP contribution >= 0.6 is 0 Å². The minimum Gasteiger partial charge on any atom is -0.444 e. The van der Waals surface area contributed by atoms with Crippen molar-refractivity contribution < 1.29 is 73.0 Å². The second-order valence-electron chi connectivity index (χ2n) is 17.4. The van der Waals surface area contributed by atoms with Gasteiger partial charge in [-0.05, 0) is 81.8 Å². The number of hydrogen-bond donors (Lipinski definition) is 4. The van der Waals surface area contributed by atoms with Gasteiger partial charge < -0.3 is 25.0 Å². The summed E-state index contributed by atoms with van der Waals surface area (Å²) in [5.74, 6) is -3.23. The Morgan fingerprint density at radius 1 is 0.922 bits per heavy atom. The molecule has 3 aliphatic rings. The van der Waals surface area contributed by atoms with Crippen LogP contribution in [0.4, 0.5) is 47.3 Å². The Morgan fingerprint density at radius 3 is 2.03 bits per heavy atom. The third-order valence-corrected chi connectivity index (χ3v) is 11.7. The van der Waals surface area contributed by atoms with Crippen molar-refractivity contribution in [2.24, 2.45) is 16.3 Å². The molecule has 4 N–H and O–H groups in total. The fourth-order valence-electron chi connectivity index (χ4n) is 6.51. The molecular weight excluding hydrogens is 883 g/mol. The van der Waals surface area contributed by atoms with Gasteiger partial charge in [-0.15, -0.1) is 6.58 Å². The van der Waals surface area contributed by atoms with E-state index in [2.05, 4.69) is 27.5 Å². The quantitative estimate of drug-likeness (QED) is 0.0829. The van der Waals surface area contributed by atoms with Gasteiger partial charge in [0.1, 0.15) is 29.3 Å². The number of likely N-dealkylation sites (tertiary alicyclic amines) is 1. The van der Waals surface area contributed by atoms with Gasteiger partial charge in [-0.2, -0.15) is 31.3 Å². The first-order valence-corrected chi connectivity index (χ1v) is 21.2. The maximum atomic E-state index is 14.2. The number of amides is 5. The van der Waals surface area contributed by atoms with Gasteiger partial charge in [-0.3, -0.25) is 24.4 Å². The topological polar surface area (TPSA) is 219 Å². The predicted octanol–water partition coefficient (Wildman–Crippen LogP) is 6.50. The molecule has 5 amide bonds. The number of halogens is 6. The van der Waals surface area contributed by atoms with Crippen molar-refractivity contribution in [1.82, 2.24) is 20.3 Å². The molecule has 1 unspecified atom stereocenters. The number of hydrogen-bond acceptors (Lipinski definition) is 11. The number of rotatable bonds is 11. The average molecular weight is 931 g/mol. The molecule has 5 atom stereocenters. The lowest BCUT2D eigenvalue weighted by molar-refractivity contribution is -0.143. The van der Waals surface area contributed by atoms with E-state index in [9.17, 15) is 63.5 Å². The number of ether oxygens (including phenoxy) is 2. The lowest BCUT2D eigenvalue weighted by Gasteiger charge is -2.36. The van der Waals surface area contributed by atoms with Crippen molar-refractivity contribution in [2.45, 2.75) is 114 Å². The van der Waals surface area contributed by atoms with Gasteiger partial charge >= 0.3 is 24.5 Å². The summed E-state index contributed by atoms with van der Waals surface area (Å²) in [6.07, 6.45) is -9.27. The van der Waals surface area contributed by atoms with Crippen LogP contribution in [-0.4, -0.2) is 90.4 Å². The molecule has 0 spiro atoms. The van der Waals surface area contributed by atoms with Crippen molar-refractivity contribution in [1.29, 1.82) is 0 Å². The molecule has 0 bridgehead atoms. The fraction of sp³-hybridized carbons (Fsp3) is 0.512. The zero-order chi connectivity index (χ0) is 48.2. The summed E-state index contributed by atoms with van der Waals surface area (Å²) in [5, 5.41) is 6.66. The maximum absolute atomic E-state index is 14.2. The Balaban J connectivity index is 0.000000591. The number of benzene rings is 2. The Bertz CT molecular complexity index is 2280. The second kappa shape index (κ2) is 19.0. The summed E-state index contributed by atoms with van der Waals surface area (Å²) in [6.45, 7) is 13.2. The molecule has 350 valence electrons. The van der Waals surface area contributed by atoms with Gasteiger partial charge in [-0.1, -0.05) is 39.0 Å². The highest BCUT2D eigenvalue weighted by molar-refractivity contribution is 7.91. The molecule has 2 aromatic carbocycles. The van der Waals surface area contributed by atoms with E-state index in [0.29, 0.717) is 18.9 Å². The van der Waals surface area contributed by atoms with Gasteiger partial charge in [0.25, 0.3) is 5.91 Å². The number of carbonyl (C=O) groups is 5. The zero-order valence-corrected chi connectivity index (χ0v) is 36.3. The summed E-state index contributed by atoms with van der Waals surface area (Å²) < 4.78 is 114. The number of alkyl halides is 6. The highest BCUT2D eigenvalue weighted by Crippen LogP contribution is 2.45. The normalized spacial score (nSPS) is 21.4. The first-order valence-electron chi connectivity index (χ1n) is 19.6. The van der Waals surface area contributed by atoms with Crippen molar-refractivity contribution in [3.63, 3.8) is 0 Å². The fourth-order valence-corrected chi connectivity index (χ4v) is 7.87. The van der Waals surface area contributed by atoms with Crippen LogP contribution in [0.1, 0.15) is 78.4 Å². The number of alkyl carbamates (subject to hydrolysis) is 1. The van der Waals surface area contributed by atoms with Crippen molar-refractivity contribution in [3.8, 4) is 0 Å². The molecule has 16 nitrogen and oxygen atoms in total. The van der Waals surface area contributed by atoms with E-state index in [1.165, 1.54) is 30.4 Å². The average Bonchev–Trinajstić information content (AvgIpc) is 4.09. The van der Waals surface area contributed by atoms with Gasteiger partial charge in [-0.25, -0.2) is 22.8 Å². The number of nitrogens with one attached hydrogen (secondary N) is 4. The molecule has 3 fully saturated rings. The van der Waals surface area contributed by atoms with Crippen molar-refractivity contribution in [3.05, 3.63) is 72.3 Å². The summed E-state index contributed by atoms with van der Waals surface area (Å²) in [7, 11) is -3.98. The second-order valence-corrected chi connectivity index (χ2v) is 19.3. The van der Waals surface area contributed by atoms with E-state index >= 15 is 0 Å². The van der Waals surface area contributed by atoms with E-state index in [1.807, 2.05) is 4.72 Å². The number of nitrogens with zero attached hydrogens (tertiary/aromatic N) is 2. The summed E-state index contributed by atoms with van der Waals surface area (Å²) in [5.41, 5.74) is -5.66. The number of anilines is 1. The Hall–Kier alpha value is -5.96. The van der Waals surface area contributed by atoms with Crippen LogP contribution in [0.15, 0.2) is 66.2 Å². The summed E-state index contributed by atoms with van der Waals surface area (Å²) in [4.78, 5) is 81.0. The minimum absolute atomic E-state index is 0.0269. The lowest BCUT2D eigenvalue weighted by Crippen LogP contribution is -2.60. The van der Waals surface area contributed by atoms with Crippen LogP contribution in [0.2, 0.25) is 0 Å². The van der Waals surface area contributed by atoms with E-state index in [-0.39, 0.29) is 30.8 Å². The molecule has 1 saturated heterocycles. The predicted molar refractivity (Wildman–Crippen MR) is 217 cm³/mol. The molecule has 2 aliphatic carbocycles. The molecular formula is C41H48F6N6O10S. The lowest BCUT2D eigenvalue weighted by atomic mass is 9.85. The third-order valence-electron chi connectivity index (χ3n) is 9.93. The van der Waals surface area contributed by atoms with Crippen LogP contribution < -0.4 is 20.7 Å². The molecule has 0 aromatic heterocycles. The first-order chi connectivity index (χ1) is 29.4. The molecule has 0 radical (unpaired) electrons. The molecule has 1 aliphatic heterocycles. The van der Waals surface area contributed by atoms with Crippen molar-refractivity contribution >= 4 is 57.4 Å². The van der Waals surface area contributed by atoms with Crippen LogP contribution in [0, 0.1) is 11.3 Å². The maximum Gasteiger partial charge on any atom is 0.416 e. The SMILES string of the molecule is C=CC1C[C@]1(NC(=O)[C@@H]1C[C@@H](OC(=O)Nc2cccc(C(F)(F)F)c2)CN1C(=O)[C@@H](NC(=O)OC(C)(C)C)C(C)(C)C)C(=O)NS(=O)(=O)C1CC1.O=C=Nc1cccc(C(F)(F)F)c1. The van der Waals surface area contributed by atoms with Gasteiger partial charge in [0.2, 0.25) is 27.9 Å². The van der Waals surface area contributed by atoms with Gasteiger partial charge in [0, 0.05) is 18.0 Å². The number of sulfonamides is 1. The van der Waals surface area contributed by atoms with E-state index in [4.69, 9.17) is 9.47 Å². The van der Waals surface area contributed by atoms with E-state index < -0.39 is 109 Å². The summed E-state index contributed by atoms with van der Waals surface area (Å²) in [6, 6.07) is 5.32. The summed E-state index contributed by atoms with van der Waals surface area (Å²) >= 11 is 0. The van der Waals surface area contributed by atoms with E-state index in [1.54, 1.807) is 41.5 Å². The van der Waals surface area contributed by atoms with Crippen LogP contribution in [-0.2, 0) is 51.0 Å². The molecule has 64 heavy (non-hydrogen) atoms. The molecule has 5 rings (SSSR count). The molecule has 23 heteroatoms. The number of aliphatic imine (C=N–C) groups is 1.